The van der Waals surface area contributed by atoms with Crippen LogP contribution >= 0.6 is 11.6 Å². The lowest BCUT2D eigenvalue weighted by molar-refractivity contribution is 0.0525. The number of aromatic nitrogens is 1. The van der Waals surface area contributed by atoms with E-state index in [0.717, 1.165) is 10.9 Å². The summed E-state index contributed by atoms with van der Waals surface area (Å²) in [6, 6.07) is 13.0. The molecule has 134 valence electrons. The second kappa shape index (κ2) is 7.34. The maximum absolute atomic E-state index is 12.7. The lowest BCUT2D eigenvalue weighted by Gasteiger charge is -2.15. The van der Waals surface area contributed by atoms with Crippen molar-refractivity contribution in [2.24, 2.45) is 0 Å². The summed E-state index contributed by atoms with van der Waals surface area (Å²) in [6.07, 6.45) is 0. The van der Waals surface area contributed by atoms with Crippen molar-refractivity contribution in [2.75, 3.05) is 6.61 Å². The summed E-state index contributed by atoms with van der Waals surface area (Å²) in [5, 5.41) is 1.24. The molecule has 0 saturated carbocycles. The number of ether oxygens (including phenoxy) is 1. The van der Waals surface area contributed by atoms with Gasteiger partial charge in [0.25, 0.3) is 5.56 Å². The number of carbonyl (C=O) groups excluding carboxylic acids is 1. The Kier molecular flexibility index (Phi) is 5.14. The van der Waals surface area contributed by atoms with Gasteiger partial charge in [-0.3, -0.25) is 4.79 Å². The molecule has 4 nitrogen and oxygen atoms in total. The number of fused-ring (bicyclic) bond motifs is 1. The lowest BCUT2D eigenvalue weighted by Crippen LogP contribution is -2.21. The van der Waals surface area contributed by atoms with Gasteiger partial charge in [-0.1, -0.05) is 49.7 Å². The van der Waals surface area contributed by atoms with Crippen LogP contribution in [0.25, 0.3) is 22.0 Å². The number of hydrogen-bond donors (Lipinski definition) is 1. The van der Waals surface area contributed by atoms with Gasteiger partial charge in [-0.05, 0) is 36.6 Å². The number of halogens is 1. The van der Waals surface area contributed by atoms with Gasteiger partial charge in [-0.2, -0.15) is 0 Å². The van der Waals surface area contributed by atoms with E-state index in [4.69, 9.17) is 16.3 Å². The Labute approximate surface area is 156 Å². The average Bonchev–Trinajstić information content (AvgIpc) is 2.61. The zero-order valence-corrected chi connectivity index (χ0v) is 15.7. The van der Waals surface area contributed by atoms with Crippen LogP contribution < -0.4 is 5.56 Å². The van der Waals surface area contributed by atoms with Gasteiger partial charge in [0.1, 0.15) is 5.56 Å². The van der Waals surface area contributed by atoms with Gasteiger partial charge in [0, 0.05) is 27.1 Å². The first kappa shape index (κ1) is 18.2. The van der Waals surface area contributed by atoms with E-state index >= 15 is 0 Å². The zero-order valence-electron chi connectivity index (χ0n) is 14.9. The van der Waals surface area contributed by atoms with Gasteiger partial charge in [0.05, 0.1) is 6.61 Å². The van der Waals surface area contributed by atoms with Gasteiger partial charge < -0.3 is 9.72 Å². The van der Waals surface area contributed by atoms with E-state index in [9.17, 15) is 9.59 Å². The van der Waals surface area contributed by atoms with E-state index in [1.54, 1.807) is 19.1 Å². The number of carbonyl (C=O) groups is 1. The highest BCUT2D eigenvalue weighted by Gasteiger charge is 2.23. The van der Waals surface area contributed by atoms with Crippen LogP contribution in [-0.2, 0) is 4.74 Å². The van der Waals surface area contributed by atoms with Crippen molar-refractivity contribution in [3.63, 3.8) is 0 Å². The van der Waals surface area contributed by atoms with Crippen molar-refractivity contribution in [1.29, 1.82) is 0 Å². The van der Waals surface area contributed by atoms with Gasteiger partial charge in [-0.15, -0.1) is 0 Å². The molecule has 1 aromatic heterocycles. The first-order valence-corrected chi connectivity index (χ1v) is 8.93. The summed E-state index contributed by atoms with van der Waals surface area (Å²) in [4.78, 5) is 28.0. The molecular formula is C21H20ClNO3. The van der Waals surface area contributed by atoms with Crippen LogP contribution in [0.3, 0.4) is 0 Å². The molecule has 3 rings (SSSR count). The van der Waals surface area contributed by atoms with Crippen LogP contribution in [0.2, 0.25) is 5.02 Å². The molecule has 1 N–H and O–H groups in total. The minimum Gasteiger partial charge on any atom is -0.462 e. The molecule has 0 unspecified atom stereocenters. The summed E-state index contributed by atoms with van der Waals surface area (Å²) in [5.74, 6) is -0.350. The predicted octanol–water partition coefficient (Wildman–Crippen LogP) is 5.15. The first-order valence-electron chi connectivity index (χ1n) is 8.56. The van der Waals surface area contributed by atoms with Crippen LogP contribution in [0.5, 0.6) is 0 Å². The van der Waals surface area contributed by atoms with Gasteiger partial charge in [0.15, 0.2) is 0 Å². The predicted molar refractivity (Wildman–Crippen MR) is 105 cm³/mol. The van der Waals surface area contributed by atoms with Crippen LogP contribution in [0.4, 0.5) is 0 Å². The Bertz CT molecular complexity index is 1040. The molecule has 0 aliphatic rings. The summed E-state index contributed by atoms with van der Waals surface area (Å²) >= 11 is 6.40. The van der Waals surface area contributed by atoms with E-state index in [-0.39, 0.29) is 12.2 Å². The molecule has 0 aliphatic heterocycles. The summed E-state index contributed by atoms with van der Waals surface area (Å²) < 4.78 is 5.14. The fourth-order valence-electron chi connectivity index (χ4n) is 3.01. The van der Waals surface area contributed by atoms with Crippen molar-refractivity contribution < 1.29 is 9.53 Å². The minimum atomic E-state index is -0.652. The highest BCUT2D eigenvalue weighted by atomic mass is 35.5. The van der Waals surface area contributed by atoms with E-state index in [2.05, 4.69) is 18.8 Å². The first-order chi connectivity index (χ1) is 12.4. The van der Waals surface area contributed by atoms with E-state index in [1.165, 1.54) is 0 Å². The van der Waals surface area contributed by atoms with Gasteiger partial charge in [0.2, 0.25) is 0 Å². The Hall–Kier alpha value is -2.59. The molecule has 1 heterocycles. The monoisotopic (exact) mass is 369 g/mol. The molecule has 0 spiro atoms. The largest absolute Gasteiger partial charge is 0.462 e. The molecule has 0 bridgehead atoms. The minimum absolute atomic E-state index is 0.0200. The third-order valence-electron chi connectivity index (χ3n) is 4.33. The molecule has 0 aliphatic carbocycles. The molecule has 0 amide bonds. The summed E-state index contributed by atoms with van der Waals surface area (Å²) in [6.45, 7) is 6.08. The summed E-state index contributed by atoms with van der Waals surface area (Å²) in [5.41, 5.74) is 2.40. The lowest BCUT2D eigenvalue weighted by atomic mass is 9.93. The van der Waals surface area contributed by atoms with Crippen LogP contribution in [0.15, 0.2) is 47.3 Å². The molecule has 0 atom stereocenters. The zero-order chi connectivity index (χ0) is 18.8. The van der Waals surface area contributed by atoms with Crippen LogP contribution in [0.1, 0.15) is 42.6 Å². The second-order valence-electron chi connectivity index (χ2n) is 6.36. The van der Waals surface area contributed by atoms with Gasteiger partial charge in [-0.25, -0.2) is 4.79 Å². The van der Waals surface area contributed by atoms with Crippen LogP contribution in [-0.4, -0.2) is 17.6 Å². The fraction of sp³-hybridized carbons (Fsp3) is 0.238. The number of hydrogen-bond acceptors (Lipinski definition) is 3. The number of aromatic amines is 1. The molecule has 5 heteroatoms. The molecule has 0 radical (unpaired) electrons. The topological polar surface area (TPSA) is 59.2 Å². The van der Waals surface area contributed by atoms with Crippen molar-refractivity contribution in [1.82, 2.24) is 4.98 Å². The smallest absolute Gasteiger partial charge is 0.344 e. The number of esters is 1. The molecule has 0 saturated heterocycles. The SMILES string of the molecule is CCOC(=O)c1c(-c2ccccc2Cl)c2cc(C(C)C)ccc2[nH]c1=O. The molecule has 0 fully saturated rings. The maximum Gasteiger partial charge on any atom is 0.344 e. The normalized spacial score (nSPS) is 11.1. The Morgan fingerprint density at radius 2 is 1.92 bits per heavy atom. The Morgan fingerprint density at radius 1 is 1.19 bits per heavy atom. The highest BCUT2D eigenvalue weighted by Crippen LogP contribution is 2.35. The maximum atomic E-state index is 12.7. The van der Waals surface area contributed by atoms with E-state index in [1.807, 2.05) is 30.3 Å². The Morgan fingerprint density at radius 3 is 2.58 bits per heavy atom. The molecule has 3 aromatic rings. The molecule has 2 aromatic carbocycles. The molecular weight excluding hydrogens is 350 g/mol. The van der Waals surface area contributed by atoms with Gasteiger partial charge >= 0.3 is 5.97 Å². The average molecular weight is 370 g/mol. The number of rotatable bonds is 4. The number of pyridine rings is 1. The van der Waals surface area contributed by atoms with Crippen molar-refractivity contribution in [3.05, 3.63) is 69.0 Å². The van der Waals surface area contributed by atoms with Crippen LogP contribution in [0, 0.1) is 0 Å². The third-order valence-corrected chi connectivity index (χ3v) is 4.66. The summed E-state index contributed by atoms with van der Waals surface area (Å²) in [7, 11) is 0. The van der Waals surface area contributed by atoms with Crippen molar-refractivity contribution in [3.8, 4) is 11.1 Å². The fourth-order valence-corrected chi connectivity index (χ4v) is 3.24. The van der Waals surface area contributed by atoms with E-state index in [0.29, 0.717) is 27.6 Å². The van der Waals surface area contributed by atoms with Crippen molar-refractivity contribution in [2.45, 2.75) is 26.7 Å². The highest BCUT2D eigenvalue weighted by molar-refractivity contribution is 6.34. The van der Waals surface area contributed by atoms with E-state index < -0.39 is 11.5 Å². The second-order valence-corrected chi connectivity index (χ2v) is 6.77. The Balaban J connectivity index is 2.47. The number of benzene rings is 2. The number of H-pyrrole nitrogens is 1. The standard InChI is InChI=1S/C21H20ClNO3/c1-4-26-21(25)19-18(14-7-5-6-8-16(14)22)15-11-13(12(2)3)9-10-17(15)23-20(19)24/h5-12H,4H2,1-3H3,(H,23,24). The van der Waals surface area contributed by atoms with Crippen molar-refractivity contribution >= 4 is 28.5 Å². The third kappa shape index (κ3) is 3.25. The molecule has 26 heavy (non-hydrogen) atoms. The quantitative estimate of drug-likeness (QED) is 0.647. The number of nitrogens with one attached hydrogen (secondary N) is 1.